The molecule has 0 atom stereocenters. The van der Waals surface area contributed by atoms with E-state index in [1.54, 1.807) is 26.5 Å². The van der Waals surface area contributed by atoms with Crippen LogP contribution in [0.2, 0.25) is 0 Å². The zero-order valence-corrected chi connectivity index (χ0v) is 18.8. The maximum atomic E-state index is 12.5. The van der Waals surface area contributed by atoms with Crippen LogP contribution in [0.25, 0.3) is 11.3 Å². The summed E-state index contributed by atoms with van der Waals surface area (Å²) in [4.78, 5) is 12.5. The molecule has 1 amide bonds. The Bertz CT molecular complexity index is 1270. The number of para-hydroxylation sites is 1. The van der Waals surface area contributed by atoms with Gasteiger partial charge in [-0.2, -0.15) is 10.2 Å². The van der Waals surface area contributed by atoms with Gasteiger partial charge in [-0.1, -0.05) is 18.2 Å². The number of ether oxygens (including phenoxy) is 3. The standard InChI is InChI=1S/C26H24N4O4/c1-32-21-11-9-19(10-12-21)23-15-24(29-28-23)26(31)30-27-16-18-8-13-25(33-2)20(14-18)17-34-22-6-4-3-5-7-22/h3-16H,17H2,1-2H3,(H,28,29)(H,30,31). The van der Waals surface area contributed by atoms with Gasteiger partial charge in [-0.25, -0.2) is 5.43 Å². The van der Waals surface area contributed by atoms with E-state index >= 15 is 0 Å². The van der Waals surface area contributed by atoms with E-state index in [1.165, 1.54) is 0 Å². The Morgan fingerprint density at radius 3 is 2.50 bits per heavy atom. The van der Waals surface area contributed by atoms with Gasteiger partial charge in [0.15, 0.2) is 0 Å². The summed E-state index contributed by atoms with van der Waals surface area (Å²) >= 11 is 0. The average Bonchev–Trinajstić information content (AvgIpc) is 3.39. The van der Waals surface area contributed by atoms with Crippen molar-refractivity contribution in [1.29, 1.82) is 0 Å². The number of carbonyl (C=O) groups excluding carboxylic acids is 1. The van der Waals surface area contributed by atoms with Gasteiger partial charge in [0.1, 0.15) is 29.5 Å². The van der Waals surface area contributed by atoms with Gasteiger partial charge >= 0.3 is 0 Å². The van der Waals surface area contributed by atoms with Gasteiger partial charge in [-0.3, -0.25) is 9.89 Å². The summed E-state index contributed by atoms with van der Waals surface area (Å²) in [5.74, 6) is 1.83. The molecular formula is C26H24N4O4. The number of rotatable bonds is 9. The van der Waals surface area contributed by atoms with Crippen LogP contribution in [0.4, 0.5) is 0 Å². The second-order valence-electron chi connectivity index (χ2n) is 7.27. The lowest BCUT2D eigenvalue weighted by Gasteiger charge is -2.11. The first-order valence-electron chi connectivity index (χ1n) is 10.5. The molecule has 172 valence electrons. The molecule has 0 unspecified atom stereocenters. The molecule has 1 heterocycles. The molecule has 0 aliphatic carbocycles. The minimum Gasteiger partial charge on any atom is -0.497 e. The van der Waals surface area contributed by atoms with E-state index in [0.717, 1.165) is 28.2 Å². The van der Waals surface area contributed by atoms with Crippen LogP contribution in [0.15, 0.2) is 84.0 Å². The number of methoxy groups -OCH3 is 2. The fourth-order valence-corrected chi connectivity index (χ4v) is 3.24. The largest absolute Gasteiger partial charge is 0.497 e. The highest BCUT2D eigenvalue weighted by molar-refractivity contribution is 5.94. The first-order valence-corrected chi connectivity index (χ1v) is 10.5. The molecule has 0 bridgehead atoms. The normalized spacial score (nSPS) is 10.8. The Balaban J connectivity index is 1.38. The monoisotopic (exact) mass is 456 g/mol. The minimum atomic E-state index is -0.398. The highest BCUT2D eigenvalue weighted by atomic mass is 16.5. The highest BCUT2D eigenvalue weighted by Gasteiger charge is 2.11. The average molecular weight is 457 g/mol. The number of hydrogen-bond acceptors (Lipinski definition) is 6. The number of H-pyrrole nitrogens is 1. The quantitative estimate of drug-likeness (QED) is 0.287. The molecule has 1 aromatic heterocycles. The summed E-state index contributed by atoms with van der Waals surface area (Å²) in [5.41, 5.74) is 5.97. The molecule has 0 fully saturated rings. The van der Waals surface area contributed by atoms with Crippen molar-refractivity contribution in [3.63, 3.8) is 0 Å². The van der Waals surface area contributed by atoms with Crippen LogP contribution >= 0.6 is 0 Å². The molecule has 4 rings (SSSR count). The van der Waals surface area contributed by atoms with Crippen LogP contribution in [0, 0.1) is 0 Å². The Kier molecular flexibility index (Phi) is 7.19. The number of aromatic amines is 1. The molecule has 0 aliphatic rings. The third kappa shape index (κ3) is 5.60. The predicted molar refractivity (Wildman–Crippen MR) is 129 cm³/mol. The van der Waals surface area contributed by atoms with Gasteiger partial charge in [0, 0.05) is 11.1 Å². The second-order valence-corrected chi connectivity index (χ2v) is 7.27. The van der Waals surface area contributed by atoms with Crippen LogP contribution in [-0.4, -0.2) is 36.5 Å². The fourth-order valence-electron chi connectivity index (χ4n) is 3.24. The van der Waals surface area contributed by atoms with Gasteiger partial charge in [0.2, 0.25) is 0 Å². The lowest BCUT2D eigenvalue weighted by atomic mass is 10.1. The van der Waals surface area contributed by atoms with E-state index in [-0.39, 0.29) is 0 Å². The number of nitrogens with one attached hydrogen (secondary N) is 2. The lowest BCUT2D eigenvalue weighted by Crippen LogP contribution is -2.18. The SMILES string of the molecule is COc1ccc(-c2cc(C(=O)NN=Cc3ccc(OC)c(COc4ccccc4)c3)[nH]n2)cc1. The smallest absolute Gasteiger partial charge is 0.289 e. The molecule has 0 saturated carbocycles. The highest BCUT2D eigenvalue weighted by Crippen LogP contribution is 2.22. The van der Waals surface area contributed by atoms with E-state index in [1.807, 2.05) is 72.8 Å². The summed E-state index contributed by atoms with van der Waals surface area (Å²) in [6.45, 7) is 0.337. The number of carbonyl (C=O) groups is 1. The minimum absolute atomic E-state index is 0.301. The van der Waals surface area contributed by atoms with Gasteiger partial charge in [0.05, 0.1) is 26.1 Å². The van der Waals surface area contributed by atoms with Crippen molar-refractivity contribution in [2.45, 2.75) is 6.61 Å². The number of benzene rings is 3. The number of hydrazone groups is 1. The predicted octanol–water partition coefficient (Wildman–Crippen LogP) is 4.44. The van der Waals surface area contributed by atoms with E-state index in [0.29, 0.717) is 23.7 Å². The van der Waals surface area contributed by atoms with Gasteiger partial charge in [-0.15, -0.1) is 0 Å². The van der Waals surface area contributed by atoms with Crippen molar-refractivity contribution in [3.05, 3.63) is 95.7 Å². The van der Waals surface area contributed by atoms with Crippen molar-refractivity contribution in [1.82, 2.24) is 15.6 Å². The van der Waals surface area contributed by atoms with E-state index in [2.05, 4.69) is 20.7 Å². The third-order valence-electron chi connectivity index (χ3n) is 5.03. The van der Waals surface area contributed by atoms with Crippen molar-refractivity contribution < 1.29 is 19.0 Å². The van der Waals surface area contributed by atoms with Crippen LogP contribution in [0.3, 0.4) is 0 Å². The maximum Gasteiger partial charge on any atom is 0.289 e. The number of hydrogen-bond donors (Lipinski definition) is 2. The van der Waals surface area contributed by atoms with E-state index in [9.17, 15) is 4.79 Å². The molecule has 0 saturated heterocycles. The van der Waals surface area contributed by atoms with Crippen molar-refractivity contribution in [2.75, 3.05) is 14.2 Å². The van der Waals surface area contributed by atoms with E-state index < -0.39 is 5.91 Å². The van der Waals surface area contributed by atoms with E-state index in [4.69, 9.17) is 14.2 Å². The molecule has 0 radical (unpaired) electrons. The summed E-state index contributed by atoms with van der Waals surface area (Å²) in [7, 11) is 3.22. The summed E-state index contributed by atoms with van der Waals surface area (Å²) < 4.78 is 16.4. The number of aromatic nitrogens is 2. The molecule has 8 nitrogen and oxygen atoms in total. The van der Waals surface area contributed by atoms with Crippen LogP contribution < -0.4 is 19.6 Å². The number of nitrogens with zero attached hydrogens (tertiary/aromatic N) is 2. The van der Waals surface area contributed by atoms with Gasteiger partial charge in [-0.05, 0) is 66.2 Å². The Morgan fingerprint density at radius 1 is 0.971 bits per heavy atom. The molecule has 3 aromatic carbocycles. The third-order valence-corrected chi connectivity index (χ3v) is 5.03. The zero-order valence-electron chi connectivity index (χ0n) is 18.8. The van der Waals surface area contributed by atoms with Gasteiger partial charge in [0.25, 0.3) is 5.91 Å². The van der Waals surface area contributed by atoms with Gasteiger partial charge < -0.3 is 14.2 Å². The molecule has 8 heteroatoms. The zero-order chi connectivity index (χ0) is 23.8. The van der Waals surface area contributed by atoms with Crippen molar-refractivity contribution in [2.24, 2.45) is 5.10 Å². The Hall–Kier alpha value is -4.59. The Labute approximate surface area is 197 Å². The van der Waals surface area contributed by atoms with Crippen molar-refractivity contribution in [3.8, 4) is 28.5 Å². The molecular weight excluding hydrogens is 432 g/mol. The maximum absolute atomic E-state index is 12.5. The second kappa shape index (κ2) is 10.8. The fraction of sp³-hybridized carbons (Fsp3) is 0.115. The van der Waals surface area contributed by atoms with Crippen LogP contribution in [0.5, 0.6) is 17.2 Å². The molecule has 4 aromatic rings. The summed E-state index contributed by atoms with van der Waals surface area (Å²) in [5, 5.41) is 11.0. The lowest BCUT2D eigenvalue weighted by molar-refractivity contribution is 0.0950. The summed E-state index contributed by atoms with van der Waals surface area (Å²) in [6.07, 6.45) is 1.56. The molecule has 0 spiro atoms. The molecule has 34 heavy (non-hydrogen) atoms. The molecule has 2 N–H and O–H groups in total. The first kappa shape index (κ1) is 22.6. The van der Waals surface area contributed by atoms with Crippen LogP contribution in [0.1, 0.15) is 21.6 Å². The summed E-state index contributed by atoms with van der Waals surface area (Å²) in [6, 6.07) is 24.2. The Morgan fingerprint density at radius 2 is 1.76 bits per heavy atom. The molecule has 0 aliphatic heterocycles. The first-order chi connectivity index (χ1) is 16.7. The number of amides is 1. The van der Waals surface area contributed by atoms with Crippen molar-refractivity contribution >= 4 is 12.1 Å². The van der Waals surface area contributed by atoms with Crippen LogP contribution in [-0.2, 0) is 6.61 Å². The topological polar surface area (TPSA) is 97.8 Å².